The number of benzene rings is 7. The summed E-state index contributed by atoms with van der Waals surface area (Å²) >= 11 is 0. The number of hydrogen-bond donors (Lipinski definition) is 0. The molecule has 2 aliphatic carbocycles. The van der Waals surface area contributed by atoms with Crippen molar-refractivity contribution in [3.8, 4) is 67.3 Å². The van der Waals surface area contributed by atoms with E-state index < -0.39 is 5.41 Å². The highest BCUT2D eigenvalue weighted by atomic mass is 14.9. The van der Waals surface area contributed by atoms with Gasteiger partial charge in [0.05, 0.1) is 16.8 Å². The molecule has 1 aromatic heterocycles. The van der Waals surface area contributed by atoms with Gasteiger partial charge in [0.25, 0.3) is 0 Å². The highest BCUT2D eigenvalue weighted by Crippen LogP contribution is 2.63. The van der Waals surface area contributed by atoms with Crippen LogP contribution >= 0.6 is 0 Å². The van der Waals surface area contributed by atoms with Gasteiger partial charge in [-0.3, -0.25) is 0 Å². The van der Waals surface area contributed by atoms with Gasteiger partial charge in [-0.15, -0.1) is 0 Å². The monoisotopic (exact) mass is 622 g/mol. The Morgan fingerprint density at radius 1 is 0.306 bits per heavy atom. The highest BCUT2D eigenvalue weighted by Gasteiger charge is 2.52. The maximum absolute atomic E-state index is 5.34. The molecule has 0 aliphatic heterocycles. The minimum atomic E-state index is -0.414. The molecule has 0 amide bonds. The molecule has 7 aromatic carbocycles. The smallest absolute Gasteiger partial charge is 0.161 e. The summed E-state index contributed by atoms with van der Waals surface area (Å²) in [5.74, 6) is 0.728. The molecule has 0 bridgehead atoms. The number of fused-ring (bicyclic) bond motifs is 10. The fourth-order valence-corrected chi connectivity index (χ4v) is 8.27. The van der Waals surface area contributed by atoms with Gasteiger partial charge in [0.1, 0.15) is 0 Å². The fourth-order valence-electron chi connectivity index (χ4n) is 8.27. The Morgan fingerprint density at radius 2 is 0.714 bits per heavy atom. The van der Waals surface area contributed by atoms with Gasteiger partial charge in [0, 0.05) is 16.7 Å². The quantitative estimate of drug-likeness (QED) is 0.195. The topological polar surface area (TPSA) is 25.8 Å². The van der Waals surface area contributed by atoms with E-state index in [1.807, 2.05) is 6.07 Å². The second-order valence-corrected chi connectivity index (χ2v) is 12.9. The maximum atomic E-state index is 5.34. The van der Waals surface area contributed by atoms with Crippen LogP contribution in [0, 0.1) is 0 Å². The number of aromatic nitrogens is 2. The molecular weight excluding hydrogens is 593 g/mol. The Morgan fingerprint density at radius 3 is 1.33 bits per heavy atom. The molecule has 8 aromatic rings. The first-order valence-electron chi connectivity index (χ1n) is 16.8. The molecule has 2 heteroatoms. The molecule has 10 rings (SSSR count). The summed E-state index contributed by atoms with van der Waals surface area (Å²) < 4.78 is 0. The van der Waals surface area contributed by atoms with E-state index in [2.05, 4.69) is 176 Å². The molecule has 2 nitrogen and oxygen atoms in total. The molecule has 2 aliphatic rings. The first kappa shape index (κ1) is 27.7. The second-order valence-electron chi connectivity index (χ2n) is 12.9. The van der Waals surface area contributed by atoms with Crippen LogP contribution in [0.25, 0.3) is 67.3 Å². The van der Waals surface area contributed by atoms with Crippen molar-refractivity contribution in [1.82, 2.24) is 9.97 Å². The molecule has 0 unspecified atom stereocenters. The van der Waals surface area contributed by atoms with Gasteiger partial charge in [-0.25, -0.2) is 9.97 Å². The largest absolute Gasteiger partial charge is 0.228 e. The molecule has 0 atom stereocenters. The van der Waals surface area contributed by atoms with Crippen molar-refractivity contribution in [2.75, 3.05) is 0 Å². The van der Waals surface area contributed by atoms with Crippen LogP contribution in [-0.2, 0) is 5.41 Å². The van der Waals surface area contributed by atoms with Gasteiger partial charge in [0.2, 0.25) is 0 Å². The van der Waals surface area contributed by atoms with E-state index >= 15 is 0 Å². The summed E-state index contributed by atoms with van der Waals surface area (Å²) in [6, 6.07) is 65.3. The summed E-state index contributed by atoms with van der Waals surface area (Å²) in [5.41, 5.74) is 17.2. The number of rotatable bonds is 4. The highest BCUT2D eigenvalue weighted by molar-refractivity contribution is 5.99. The first-order valence-corrected chi connectivity index (χ1v) is 16.8. The van der Waals surface area contributed by atoms with E-state index in [9.17, 15) is 0 Å². The summed E-state index contributed by atoms with van der Waals surface area (Å²) in [6.07, 6.45) is 0. The minimum absolute atomic E-state index is 0.414. The van der Waals surface area contributed by atoms with Gasteiger partial charge in [-0.1, -0.05) is 176 Å². The predicted octanol–water partition coefficient (Wildman–Crippen LogP) is 11.5. The average Bonchev–Trinajstić information content (AvgIpc) is 3.66. The van der Waals surface area contributed by atoms with Crippen molar-refractivity contribution in [3.05, 3.63) is 204 Å². The van der Waals surface area contributed by atoms with Crippen molar-refractivity contribution in [1.29, 1.82) is 0 Å². The van der Waals surface area contributed by atoms with Crippen LogP contribution in [0.1, 0.15) is 22.3 Å². The molecule has 0 saturated heterocycles. The molecule has 0 radical (unpaired) electrons. The molecule has 0 saturated carbocycles. The SMILES string of the molecule is c1ccc(-c2ccc(-c3cc(-c4ccccc4)nc(-c4cccc5c4-c4ccccc4C54c5ccccc5-c5ccccc54)n3)cc2)cc1. The third-order valence-electron chi connectivity index (χ3n) is 10.3. The van der Waals surface area contributed by atoms with E-state index in [0.717, 1.165) is 33.9 Å². The van der Waals surface area contributed by atoms with E-state index in [1.54, 1.807) is 0 Å². The molecule has 0 fully saturated rings. The van der Waals surface area contributed by atoms with Gasteiger partial charge >= 0.3 is 0 Å². The van der Waals surface area contributed by atoms with Gasteiger partial charge in [-0.2, -0.15) is 0 Å². The molecule has 0 N–H and O–H groups in total. The van der Waals surface area contributed by atoms with Crippen molar-refractivity contribution in [2.24, 2.45) is 0 Å². The Labute approximate surface area is 286 Å². The summed E-state index contributed by atoms with van der Waals surface area (Å²) in [6.45, 7) is 0. The summed E-state index contributed by atoms with van der Waals surface area (Å²) in [7, 11) is 0. The number of hydrogen-bond acceptors (Lipinski definition) is 2. The first-order chi connectivity index (χ1) is 24.3. The summed E-state index contributed by atoms with van der Waals surface area (Å²) in [5, 5.41) is 0. The van der Waals surface area contributed by atoms with Crippen molar-refractivity contribution in [2.45, 2.75) is 5.41 Å². The van der Waals surface area contributed by atoms with Crippen molar-refractivity contribution < 1.29 is 0 Å². The van der Waals surface area contributed by atoms with Gasteiger partial charge < -0.3 is 0 Å². The van der Waals surface area contributed by atoms with Crippen LogP contribution in [0.5, 0.6) is 0 Å². The zero-order chi connectivity index (χ0) is 32.4. The lowest BCUT2D eigenvalue weighted by Crippen LogP contribution is -2.25. The standard InChI is InChI=1S/C47H30N2/c1-3-14-31(15-4-1)32-26-28-34(29-27-32)44-30-43(33-16-5-2-6-17-33)48-46(49-44)38-21-13-25-42-45(38)37-20-9-12-24-41(37)47(42)39-22-10-7-18-35(39)36-19-8-11-23-40(36)47/h1-30H. The Balaban J connectivity index is 1.22. The minimum Gasteiger partial charge on any atom is -0.228 e. The predicted molar refractivity (Wildman–Crippen MR) is 200 cm³/mol. The van der Waals surface area contributed by atoms with Gasteiger partial charge in [-0.05, 0) is 61.7 Å². The Kier molecular flexibility index (Phi) is 6.13. The zero-order valence-electron chi connectivity index (χ0n) is 26.7. The lowest BCUT2D eigenvalue weighted by molar-refractivity contribution is 0.794. The average molecular weight is 623 g/mol. The fraction of sp³-hybridized carbons (Fsp3) is 0.0213. The maximum Gasteiger partial charge on any atom is 0.161 e. The van der Waals surface area contributed by atoms with Crippen LogP contribution in [0.2, 0.25) is 0 Å². The second kappa shape index (κ2) is 10.8. The van der Waals surface area contributed by atoms with Crippen LogP contribution in [0.4, 0.5) is 0 Å². The normalized spacial score (nSPS) is 13.1. The van der Waals surface area contributed by atoms with E-state index in [-0.39, 0.29) is 0 Å². The van der Waals surface area contributed by atoms with Crippen LogP contribution in [0.15, 0.2) is 182 Å². The van der Waals surface area contributed by atoms with E-state index in [0.29, 0.717) is 0 Å². The van der Waals surface area contributed by atoms with Crippen molar-refractivity contribution >= 4 is 0 Å². The lowest BCUT2D eigenvalue weighted by Gasteiger charge is -2.30. The lowest BCUT2D eigenvalue weighted by atomic mass is 9.70. The number of nitrogens with zero attached hydrogens (tertiary/aromatic N) is 2. The van der Waals surface area contributed by atoms with Crippen molar-refractivity contribution in [3.63, 3.8) is 0 Å². The third kappa shape index (κ3) is 4.07. The molecule has 1 spiro atoms. The zero-order valence-corrected chi connectivity index (χ0v) is 26.7. The van der Waals surface area contributed by atoms with Crippen LogP contribution in [-0.4, -0.2) is 9.97 Å². The van der Waals surface area contributed by atoms with Crippen LogP contribution < -0.4 is 0 Å². The van der Waals surface area contributed by atoms with Gasteiger partial charge in [0.15, 0.2) is 5.82 Å². The molecule has 228 valence electrons. The van der Waals surface area contributed by atoms with Crippen LogP contribution in [0.3, 0.4) is 0 Å². The Hall–Kier alpha value is -6.38. The molecule has 1 heterocycles. The van der Waals surface area contributed by atoms with E-state index in [4.69, 9.17) is 9.97 Å². The van der Waals surface area contributed by atoms with E-state index in [1.165, 1.54) is 55.6 Å². The Bertz CT molecular complexity index is 2490. The molecule has 49 heavy (non-hydrogen) atoms. The summed E-state index contributed by atoms with van der Waals surface area (Å²) in [4.78, 5) is 10.7. The molecular formula is C47H30N2. The third-order valence-corrected chi connectivity index (χ3v) is 10.3.